The van der Waals surface area contributed by atoms with Gasteiger partial charge in [-0.3, -0.25) is 0 Å². The molecule has 3 heterocycles. The first kappa shape index (κ1) is 22.7. The molecule has 2 atom stereocenters. The third-order valence-corrected chi connectivity index (χ3v) is 7.82. The Bertz CT molecular complexity index is 1660. The Balaban J connectivity index is 1.29. The summed E-state index contributed by atoms with van der Waals surface area (Å²) in [5.41, 5.74) is 9.86. The fourth-order valence-corrected chi connectivity index (χ4v) is 5.92. The molecular formula is C33H33NO2. The lowest BCUT2D eigenvalue weighted by molar-refractivity contribution is 0.595. The summed E-state index contributed by atoms with van der Waals surface area (Å²) in [6.07, 6.45) is 7.71. The van der Waals surface area contributed by atoms with Crippen molar-refractivity contribution in [3.8, 4) is 0 Å². The Hall–Kier alpha value is -3.72. The van der Waals surface area contributed by atoms with Gasteiger partial charge < -0.3 is 13.8 Å². The molecule has 0 bridgehead atoms. The van der Waals surface area contributed by atoms with Crippen molar-refractivity contribution >= 4 is 32.8 Å². The zero-order valence-corrected chi connectivity index (χ0v) is 21.5. The van der Waals surface area contributed by atoms with Gasteiger partial charge in [-0.15, -0.1) is 0 Å². The number of aromatic nitrogens is 1. The molecule has 0 aliphatic rings. The summed E-state index contributed by atoms with van der Waals surface area (Å²) < 4.78 is 11.9. The Morgan fingerprint density at radius 3 is 2.33 bits per heavy atom. The molecule has 36 heavy (non-hydrogen) atoms. The Morgan fingerprint density at radius 2 is 1.47 bits per heavy atom. The lowest BCUT2D eigenvalue weighted by atomic mass is 9.88. The summed E-state index contributed by atoms with van der Waals surface area (Å²) >= 11 is 0. The van der Waals surface area contributed by atoms with Crippen molar-refractivity contribution in [3.05, 3.63) is 107 Å². The van der Waals surface area contributed by atoms with Crippen LogP contribution in [-0.4, -0.2) is 4.98 Å². The number of furan rings is 2. The molecule has 0 radical (unpaired) electrons. The molecule has 0 aliphatic carbocycles. The van der Waals surface area contributed by atoms with E-state index < -0.39 is 0 Å². The Labute approximate surface area is 212 Å². The summed E-state index contributed by atoms with van der Waals surface area (Å²) in [4.78, 5) is 3.50. The predicted molar refractivity (Wildman–Crippen MR) is 149 cm³/mol. The van der Waals surface area contributed by atoms with Crippen LogP contribution in [0.2, 0.25) is 0 Å². The number of hydrogen-bond acceptors (Lipinski definition) is 2. The second-order valence-corrected chi connectivity index (χ2v) is 10.6. The number of aromatic amines is 1. The van der Waals surface area contributed by atoms with Gasteiger partial charge >= 0.3 is 0 Å². The van der Waals surface area contributed by atoms with Gasteiger partial charge in [0, 0.05) is 33.4 Å². The molecule has 1 N–H and O–H groups in total. The quantitative estimate of drug-likeness (QED) is 0.250. The van der Waals surface area contributed by atoms with Crippen LogP contribution in [0.4, 0.5) is 0 Å². The van der Waals surface area contributed by atoms with Crippen LogP contribution in [0.25, 0.3) is 32.8 Å². The number of hydrogen-bond donors (Lipinski definition) is 1. The van der Waals surface area contributed by atoms with Crippen LogP contribution in [0.1, 0.15) is 73.3 Å². The fraction of sp³-hybridized carbons (Fsp3) is 0.273. The molecule has 0 saturated heterocycles. The van der Waals surface area contributed by atoms with E-state index in [0.29, 0.717) is 17.8 Å². The number of H-pyrrole nitrogens is 1. The van der Waals surface area contributed by atoms with Gasteiger partial charge in [-0.05, 0) is 71.0 Å². The van der Waals surface area contributed by atoms with Crippen molar-refractivity contribution in [2.75, 3.05) is 0 Å². The fourth-order valence-electron chi connectivity index (χ4n) is 5.92. The number of fused-ring (bicyclic) bond motifs is 3. The molecule has 6 rings (SSSR count). The van der Waals surface area contributed by atoms with Crippen LogP contribution in [-0.2, 0) is 12.8 Å². The molecule has 0 spiro atoms. The molecular weight excluding hydrogens is 442 g/mol. The van der Waals surface area contributed by atoms with Crippen LogP contribution < -0.4 is 0 Å². The predicted octanol–water partition coefficient (Wildman–Crippen LogP) is 9.48. The first-order chi connectivity index (χ1) is 17.5. The molecule has 2 unspecified atom stereocenters. The normalized spacial score (nSPS) is 13.8. The average molecular weight is 476 g/mol. The van der Waals surface area contributed by atoms with Gasteiger partial charge in [0.15, 0.2) is 0 Å². The topological polar surface area (TPSA) is 42.1 Å². The van der Waals surface area contributed by atoms with Crippen LogP contribution in [0.15, 0.2) is 88.2 Å². The van der Waals surface area contributed by atoms with E-state index in [-0.39, 0.29) is 0 Å². The summed E-state index contributed by atoms with van der Waals surface area (Å²) in [5, 5.41) is 3.77. The minimum Gasteiger partial charge on any atom is -0.464 e. The highest BCUT2D eigenvalue weighted by atomic mass is 16.3. The van der Waals surface area contributed by atoms with Crippen LogP contribution >= 0.6 is 0 Å². The molecule has 3 aromatic carbocycles. The summed E-state index contributed by atoms with van der Waals surface area (Å²) in [6, 6.07) is 21.8. The molecule has 0 fully saturated rings. The van der Waals surface area contributed by atoms with E-state index in [4.69, 9.17) is 8.83 Å². The molecule has 6 aromatic rings. The SMILES string of the molecule is CC(C)c1ccc(CC(C)c2coc3c(CC(C)c4cccc5occc45)cccc23)c2[nH]ccc12. The second-order valence-electron chi connectivity index (χ2n) is 10.6. The van der Waals surface area contributed by atoms with Crippen molar-refractivity contribution in [2.24, 2.45) is 0 Å². The third kappa shape index (κ3) is 3.83. The van der Waals surface area contributed by atoms with E-state index in [2.05, 4.69) is 93.5 Å². The first-order valence-electron chi connectivity index (χ1n) is 13.0. The van der Waals surface area contributed by atoms with Crippen molar-refractivity contribution in [1.29, 1.82) is 0 Å². The maximum atomic E-state index is 6.24. The Morgan fingerprint density at radius 1 is 0.667 bits per heavy atom. The van der Waals surface area contributed by atoms with E-state index in [1.165, 1.54) is 49.5 Å². The summed E-state index contributed by atoms with van der Waals surface area (Å²) in [6.45, 7) is 9.12. The van der Waals surface area contributed by atoms with E-state index in [1.807, 2.05) is 12.3 Å². The van der Waals surface area contributed by atoms with Crippen LogP contribution in [0.5, 0.6) is 0 Å². The number of para-hydroxylation sites is 1. The highest BCUT2D eigenvalue weighted by Crippen LogP contribution is 2.36. The lowest BCUT2D eigenvalue weighted by Gasteiger charge is -2.15. The highest BCUT2D eigenvalue weighted by molar-refractivity contribution is 5.87. The van der Waals surface area contributed by atoms with Gasteiger partial charge in [0.05, 0.1) is 12.5 Å². The van der Waals surface area contributed by atoms with E-state index >= 15 is 0 Å². The number of nitrogens with one attached hydrogen (secondary N) is 1. The average Bonchev–Trinajstić information content (AvgIpc) is 3.63. The van der Waals surface area contributed by atoms with E-state index in [1.54, 1.807) is 6.26 Å². The van der Waals surface area contributed by atoms with Gasteiger partial charge in [0.1, 0.15) is 11.2 Å². The summed E-state index contributed by atoms with van der Waals surface area (Å²) in [7, 11) is 0. The molecule has 3 aromatic heterocycles. The maximum absolute atomic E-state index is 6.24. The van der Waals surface area contributed by atoms with E-state index in [0.717, 1.165) is 24.0 Å². The third-order valence-electron chi connectivity index (χ3n) is 7.82. The van der Waals surface area contributed by atoms with Crippen molar-refractivity contribution < 1.29 is 8.83 Å². The van der Waals surface area contributed by atoms with Gasteiger partial charge in [-0.1, -0.05) is 70.2 Å². The number of rotatable bonds is 7. The molecule has 0 saturated carbocycles. The lowest BCUT2D eigenvalue weighted by Crippen LogP contribution is -2.01. The van der Waals surface area contributed by atoms with Gasteiger partial charge in [0.25, 0.3) is 0 Å². The smallest absolute Gasteiger partial charge is 0.137 e. The molecule has 0 amide bonds. The van der Waals surface area contributed by atoms with E-state index in [9.17, 15) is 0 Å². The van der Waals surface area contributed by atoms with Crippen molar-refractivity contribution in [1.82, 2.24) is 4.98 Å². The molecule has 182 valence electrons. The minimum atomic E-state index is 0.343. The largest absolute Gasteiger partial charge is 0.464 e. The molecule has 3 nitrogen and oxygen atoms in total. The Kier molecular flexibility index (Phi) is 5.72. The zero-order chi connectivity index (χ0) is 24.8. The number of benzene rings is 3. The second kappa shape index (κ2) is 9.05. The highest BCUT2D eigenvalue weighted by Gasteiger charge is 2.20. The van der Waals surface area contributed by atoms with Crippen molar-refractivity contribution in [3.63, 3.8) is 0 Å². The van der Waals surface area contributed by atoms with Crippen LogP contribution in [0.3, 0.4) is 0 Å². The summed E-state index contributed by atoms with van der Waals surface area (Å²) in [5.74, 6) is 1.20. The van der Waals surface area contributed by atoms with Gasteiger partial charge in [-0.2, -0.15) is 0 Å². The van der Waals surface area contributed by atoms with Gasteiger partial charge in [-0.25, -0.2) is 0 Å². The standard InChI is InChI=1S/C33H33NO2/c1-20(2)25-12-11-23(32-28(25)13-15-34-32)17-22(4)30-19-36-33-24(7-5-9-29(30)33)18-21(3)26-8-6-10-31-27(26)14-16-35-31/h5-16,19-22,34H,17-18H2,1-4H3. The zero-order valence-electron chi connectivity index (χ0n) is 21.5. The first-order valence-corrected chi connectivity index (χ1v) is 13.0. The maximum Gasteiger partial charge on any atom is 0.137 e. The van der Waals surface area contributed by atoms with Crippen LogP contribution in [0, 0.1) is 0 Å². The van der Waals surface area contributed by atoms with Gasteiger partial charge in [0.2, 0.25) is 0 Å². The monoisotopic (exact) mass is 475 g/mol. The van der Waals surface area contributed by atoms with Crippen molar-refractivity contribution in [2.45, 2.75) is 58.3 Å². The molecule has 3 heteroatoms. The minimum absolute atomic E-state index is 0.343. The molecule has 0 aliphatic heterocycles.